The summed E-state index contributed by atoms with van der Waals surface area (Å²) in [4.78, 5) is 10.4. The number of thioether (sulfide) groups is 1. The Hall–Kier alpha value is -2.34. The molecular formula is C22H29N3O2S. The van der Waals surface area contributed by atoms with Crippen molar-refractivity contribution >= 4 is 28.5 Å². The molecule has 0 unspecified atom stereocenters. The van der Waals surface area contributed by atoms with Gasteiger partial charge in [-0.1, -0.05) is 23.9 Å². The number of rotatable bonds is 8. The molecule has 1 N–H and O–H groups in total. The summed E-state index contributed by atoms with van der Waals surface area (Å²) in [7, 11) is 4.20. The molecule has 6 heteroatoms. The van der Waals surface area contributed by atoms with Crippen molar-refractivity contribution in [1.82, 2.24) is 9.97 Å². The van der Waals surface area contributed by atoms with Crippen molar-refractivity contribution in [3.05, 3.63) is 41.0 Å². The SMILES string of the molecule is CCOc1cc2nc(SCc3c(C)ccc(C)c3N(C)C)[nH]c2cc1OCC. The Morgan fingerprint density at radius 3 is 2.29 bits per heavy atom. The van der Waals surface area contributed by atoms with Crippen LogP contribution < -0.4 is 14.4 Å². The predicted molar refractivity (Wildman–Crippen MR) is 118 cm³/mol. The van der Waals surface area contributed by atoms with Gasteiger partial charge in [-0.15, -0.1) is 0 Å². The van der Waals surface area contributed by atoms with E-state index in [9.17, 15) is 0 Å². The van der Waals surface area contributed by atoms with Gasteiger partial charge in [-0.3, -0.25) is 0 Å². The minimum atomic E-state index is 0.595. The monoisotopic (exact) mass is 399 g/mol. The minimum Gasteiger partial charge on any atom is -0.490 e. The standard InChI is InChI=1S/C22H29N3O2S/c1-7-26-19-11-17-18(12-20(19)27-8-2)24-22(23-17)28-13-16-14(3)9-10-15(4)21(16)25(5)6/h9-12H,7-8,13H2,1-6H3,(H,23,24). The first-order valence-electron chi connectivity index (χ1n) is 9.63. The lowest BCUT2D eigenvalue weighted by molar-refractivity contribution is 0.288. The Balaban J connectivity index is 1.89. The summed E-state index contributed by atoms with van der Waals surface area (Å²) in [5.41, 5.74) is 7.08. The minimum absolute atomic E-state index is 0.595. The van der Waals surface area contributed by atoms with E-state index in [1.54, 1.807) is 11.8 Å². The molecular weight excluding hydrogens is 370 g/mol. The summed E-state index contributed by atoms with van der Waals surface area (Å²) < 4.78 is 11.4. The zero-order valence-electron chi connectivity index (χ0n) is 17.5. The molecule has 0 saturated carbocycles. The van der Waals surface area contributed by atoms with E-state index in [0.717, 1.165) is 33.4 Å². The molecule has 1 aromatic heterocycles. The van der Waals surface area contributed by atoms with Crippen LogP contribution in [0.2, 0.25) is 0 Å². The average Bonchev–Trinajstić information content (AvgIpc) is 3.04. The van der Waals surface area contributed by atoms with Crippen LogP contribution in [-0.4, -0.2) is 37.3 Å². The lowest BCUT2D eigenvalue weighted by Crippen LogP contribution is -2.13. The molecule has 0 aliphatic rings. The van der Waals surface area contributed by atoms with Crippen molar-refractivity contribution in [3.63, 3.8) is 0 Å². The number of anilines is 1. The molecule has 0 atom stereocenters. The van der Waals surface area contributed by atoms with Gasteiger partial charge < -0.3 is 19.4 Å². The van der Waals surface area contributed by atoms with Crippen LogP contribution in [0, 0.1) is 13.8 Å². The Bertz CT molecular complexity index is 923. The second-order valence-electron chi connectivity index (χ2n) is 6.93. The van der Waals surface area contributed by atoms with Gasteiger partial charge in [0.2, 0.25) is 0 Å². The summed E-state index contributed by atoms with van der Waals surface area (Å²) in [6, 6.07) is 8.31. The lowest BCUT2D eigenvalue weighted by atomic mass is 10.0. The number of ether oxygens (including phenoxy) is 2. The Morgan fingerprint density at radius 1 is 1.00 bits per heavy atom. The van der Waals surface area contributed by atoms with Gasteiger partial charge in [0.1, 0.15) is 0 Å². The number of imidazole rings is 1. The molecule has 2 aromatic carbocycles. The molecule has 3 rings (SSSR count). The highest BCUT2D eigenvalue weighted by molar-refractivity contribution is 7.98. The third-order valence-corrected chi connectivity index (χ3v) is 5.54. The van der Waals surface area contributed by atoms with E-state index in [0.29, 0.717) is 13.2 Å². The first-order valence-corrected chi connectivity index (χ1v) is 10.6. The van der Waals surface area contributed by atoms with E-state index in [2.05, 4.69) is 50.0 Å². The third-order valence-electron chi connectivity index (χ3n) is 4.64. The van der Waals surface area contributed by atoms with E-state index >= 15 is 0 Å². The summed E-state index contributed by atoms with van der Waals surface area (Å²) in [5.74, 6) is 2.35. The number of aromatic nitrogens is 2. The van der Waals surface area contributed by atoms with Crippen molar-refractivity contribution in [3.8, 4) is 11.5 Å². The van der Waals surface area contributed by atoms with Crippen LogP contribution in [0.4, 0.5) is 5.69 Å². The van der Waals surface area contributed by atoms with Gasteiger partial charge in [-0.25, -0.2) is 4.98 Å². The second kappa shape index (κ2) is 8.78. The molecule has 28 heavy (non-hydrogen) atoms. The van der Waals surface area contributed by atoms with E-state index in [4.69, 9.17) is 14.5 Å². The number of hydrogen-bond acceptors (Lipinski definition) is 5. The molecule has 0 bridgehead atoms. The van der Waals surface area contributed by atoms with Crippen LogP contribution >= 0.6 is 11.8 Å². The predicted octanol–water partition coefficient (Wildman–Crippen LogP) is 5.34. The first-order chi connectivity index (χ1) is 13.4. The number of fused-ring (bicyclic) bond motifs is 1. The molecule has 0 aliphatic heterocycles. The lowest BCUT2D eigenvalue weighted by Gasteiger charge is -2.21. The van der Waals surface area contributed by atoms with Gasteiger partial charge in [-0.05, 0) is 44.4 Å². The summed E-state index contributed by atoms with van der Waals surface area (Å²) in [6.45, 7) is 9.47. The topological polar surface area (TPSA) is 50.4 Å². The Kier molecular flexibility index (Phi) is 6.39. The average molecular weight is 400 g/mol. The van der Waals surface area contributed by atoms with Crippen LogP contribution in [0.3, 0.4) is 0 Å². The second-order valence-corrected chi connectivity index (χ2v) is 7.90. The van der Waals surface area contributed by atoms with Gasteiger partial charge in [0.05, 0.1) is 24.2 Å². The summed E-state index contributed by atoms with van der Waals surface area (Å²) in [6.07, 6.45) is 0. The van der Waals surface area contributed by atoms with Crippen molar-refractivity contribution in [1.29, 1.82) is 0 Å². The van der Waals surface area contributed by atoms with Crippen LogP contribution in [-0.2, 0) is 5.75 Å². The van der Waals surface area contributed by atoms with Crippen LogP contribution in [0.5, 0.6) is 11.5 Å². The smallest absolute Gasteiger partial charge is 0.166 e. The fourth-order valence-electron chi connectivity index (χ4n) is 3.40. The maximum absolute atomic E-state index is 5.72. The largest absolute Gasteiger partial charge is 0.490 e. The van der Waals surface area contributed by atoms with Crippen molar-refractivity contribution in [2.24, 2.45) is 0 Å². The summed E-state index contributed by atoms with van der Waals surface area (Å²) >= 11 is 1.72. The van der Waals surface area contributed by atoms with E-state index in [1.165, 1.54) is 22.4 Å². The van der Waals surface area contributed by atoms with Crippen molar-refractivity contribution in [2.45, 2.75) is 38.6 Å². The number of hydrogen-bond donors (Lipinski definition) is 1. The number of benzene rings is 2. The number of aryl methyl sites for hydroxylation is 2. The molecule has 0 fully saturated rings. The van der Waals surface area contributed by atoms with Crippen LogP contribution in [0.1, 0.15) is 30.5 Å². The Labute approximate surface area is 171 Å². The third kappa shape index (κ3) is 4.22. The molecule has 0 saturated heterocycles. The maximum atomic E-state index is 5.72. The summed E-state index contributed by atoms with van der Waals surface area (Å²) in [5, 5.41) is 0.900. The quantitative estimate of drug-likeness (QED) is 0.519. The number of nitrogens with one attached hydrogen (secondary N) is 1. The van der Waals surface area contributed by atoms with Crippen molar-refractivity contribution < 1.29 is 9.47 Å². The number of aromatic amines is 1. The fraction of sp³-hybridized carbons (Fsp3) is 0.409. The van der Waals surface area contributed by atoms with Gasteiger partial charge in [0.25, 0.3) is 0 Å². The highest BCUT2D eigenvalue weighted by atomic mass is 32.2. The Morgan fingerprint density at radius 2 is 1.64 bits per heavy atom. The zero-order chi connectivity index (χ0) is 20.3. The van der Waals surface area contributed by atoms with Crippen LogP contribution in [0.25, 0.3) is 11.0 Å². The van der Waals surface area contributed by atoms with Gasteiger partial charge >= 0.3 is 0 Å². The highest BCUT2D eigenvalue weighted by Gasteiger charge is 2.14. The van der Waals surface area contributed by atoms with Gasteiger partial charge in [0.15, 0.2) is 16.7 Å². The maximum Gasteiger partial charge on any atom is 0.166 e. The first kappa shape index (κ1) is 20.4. The van der Waals surface area contributed by atoms with E-state index in [1.807, 2.05) is 26.0 Å². The fourth-order valence-corrected chi connectivity index (χ4v) is 4.39. The number of nitrogens with zero attached hydrogens (tertiary/aromatic N) is 2. The van der Waals surface area contributed by atoms with Crippen molar-refractivity contribution in [2.75, 3.05) is 32.2 Å². The van der Waals surface area contributed by atoms with E-state index < -0.39 is 0 Å². The zero-order valence-corrected chi connectivity index (χ0v) is 18.4. The van der Waals surface area contributed by atoms with Gasteiger partial charge in [-0.2, -0.15) is 0 Å². The molecule has 3 aromatic rings. The highest BCUT2D eigenvalue weighted by Crippen LogP contribution is 2.35. The molecule has 0 aliphatic carbocycles. The van der Waals surface area contributed by atoms with E-state index in [-0.39, 0.29) is 0 Å². The normalized spacial score (nSPS) is 11.1. The number of H-pyrrole nitrogens is 1. The molecule has 5 nitrogen and oxygen atoms in total. The molecule has 150 valence electrons. The molecule has 1 heterocycles. The molecule has 0 amide bonds. The van der Waals surface area contributed by atoms with Crippen LogP contribution in [0.15, 0.2) is 29.4 Å². The van der Waals surface area contributed by atoms with Gasteiger partial charge in [0, 0.05) is 37.7 Å². The molecule has 0 radical (unpaired) electrons. The molecule has 0 spiro atoms.